The van der Waals surface area contributed by atoms with E-state index in [4.69, 9.17) is 22.1 Å². The predicted molar refractivity (Wildman–Crippen MR) is 71.6 cm³/mol. The topological polar surface area (TPSA) is 64.3 Å². The minimum Gasteiger partial charge on any atom is -0.378 e. The molecule has 2 atom stereocenters. The smallest absolute Gasteiger partial charge is 0.243 e. The van der Waals surface area contributed by atoms with Gasteiger partial charge in [0.15, 0.2) is 0 Å². The molecule has 1 amide bonds. The van der Waals surface area contributed by atoms with Gasteiger partial charge in [-0.15, -0.1) is 0 Å². The first-order valence-corrected chi connectivity index (χ1v) is 6.35. The number of hydrogen-bond acceptors (Lipinski definition) is 3. The number of carbonyl (C=O) groups is 1. The molecule has 1 heterocycles. The third-order valence-electron chi connectivity index (χ3n) is 3.27. The second-order valence-corrected chi connectivity index (χ2v) is 5.15. The molecule has 1 saturated heterocycles. The first-order valence-electron chi connectivity index (χ1n) is 5.97. The van der Waals surface area contributed by atoms with Crippen molar-refractivity contribution in [1.29, 1.82) is 0 Å². The number of anilines is 1. The quantitative estimate of drug-likeness (QED) is 0.883. The van der Waals surface area contributed by atoms with Crippen LogP contribution in [0.4, 0.5) is 5.69 Å². The SMILES string of the molecule is CC1CC(Nc2ccc(Cl)cc2)(C(N)=O)CCO1. The van der Waals surface area contributed by atoms with Crippen LogP contribution in [0.15, 0.2) is 24.3 Å². The lowest BCUT2D eigenvalue weighted by Gasteiger charge is -2.38. The maximum Gasteiger partial charge on any atom is 0.243 e. The van der Waals surface area contributed by atoms with Gasteiger partial charge < -0.3 is 15.8 Å². The van der Waals surface area contributed by atoms with Gasteiger partial charge in [0.25, 0.3) is 0 Å². The maximum absolute atomic E-state index is 11.8. The summed E-state index contributed by atoms with van der Waals surface area (Å²) in [5.41, 5.74) is 5.67. The minimum atomic E-state index is -0.731. The Kier molecular flexibility index (Phi) is 3.78. The Morgan fingerprint density at radius 1 is 1.50 bits per heavy atom. The van der Waals surface area contributed by atoms with Crippen molar-refractivity contribution in [3.8, 4) is 0 Å². The molecule has 1 aromatic carbocycles. The standard InChI is InChI=1S/C13H17ClN2O2/c1-9-8-13(12(15)17,6-7-18-9)16-11-4-2-10(14)3-5-11/h2-5,9,16H,6-8H2,1H3,(H2,15,17). The van der Waals surface area contributed by atoms with E-state index in [0.29, 0.717) is 24.5 Å². The van der Waals surface area contributed by atoms with Crippen LogP contribution < -0.4 is 11.1 Å². The van der Waals surface area contributed by atoms with Gasteiger partial charge in [0.05, 0.1) is 6.10 Å². The molecule has 0 bridgehead atoms. The number of ether oxygens (including phenoxy) is 1. The summed E-state index contributed by atoms with van der Waals surface area (Å²) in [4.78, 5) is 11.8. The van der Waals surface area contributed by atoms with Crippen molar-refractivity contribution in [2.45, 2.75) is 31.4 Å². The number of carbonyl (C=O) groups excluding carboxylic acids is 1. The highest BCUT2D eigenvalue weighted by molar-refractivity contribution is 6.30. The van der Waals surface area contributed by atoms with E-state index in [0.717, 1.165) is 5.69 Å². The molecule has 0 aliphatic carbocycles. The third kappa shape index (κ3) is 2.76. The lowest BCUT2D eigenvalue weighted by atomic mass is 9.86. The van der Waals surface area contributed by atoms with Gasteiger partial charge in [0.1, 0.15) is 5.54 Å². The van der Waals surface area contributed by atoms with Gasteiger partial charge in [-0.3, -0.25) is 4.79 Å². The fourth-order valence-electron chi connectivity index (χ4n) is 2.29. The minimum absolute atomic E-state index is 0.0195. The Labute approximate surface area is 111 Å². The van der Waals surface area contributed by atoms with Crippen LogP contribution in [0.25, 0.3) is 0 Å². The monoisotopic (exact) mass is 268 g/mol. The summed E-state index contributed by atoms with van der Waals surface area (Å²) in [6.07, 6.45) is 1.17. The van der Waals surface area contributed by atoms with Gasteiger partial charge in [-0.25, -0.2) is 0 Å². The second-order valence-electron chi connectivity index (χ2n) is 4.71. The largest absolute Gasteiger partial charge is 0.378 e. The average molecular weight is 269 g/mol. The molecule has 0 aromatic heterocycles. The van der Waals surface area contributed by atoms with Crippen molar-refractivity contribution in [3.63, 3.8) is 0 Å². The highest BCUT2D eigenvalue weighted by Crippen LogP contribution is 2.29. The summed E-state index contributed by atoms with van der Waals surface area (Å²) >= 11 is 5.84. The molecule has 0 saturated carbocycles. The van der Waals surface area contributed by atoms with Crippen LogP contribution in [-0.2, 0) is 9.53 Å². The summed E-state index contributed by atoms with van der Waals surface area (Å²) in [5.74, 6) is -0.340. The van der Waals surface area contributed by atoms with Crippen molar-refractivity contribution in [3.05, 3.63) is 29.3 Å². The summed E-state index contributed by atoms with van der Waals surface area (Å²) in [6, 6.07) is 7.24. The Morgan fingerprint density at radius 3 is 2.72 bits per heavy atom. The molecule has 1 aliphatic rings. The van der Waals surface area contributed by atoms with E-state index >= 15 is 0 Å². The van der Waals surface area contributed by atoms with Crippen LogP contribution in [0.2, 0.25) is 5.02 Å². The van der Waals surface area contributed by atoms with Gasteiger partial charge in [-0.2, -0.15) is 0 Å². The van der Waals surface area contributed by atoms with E-state index in [2.05, 4.69) is 5.32 Å². The number of hydrogen-bond donors (Lipinski definition) is 2. The molecule has 2 unspecified atom stereocenters. The van der Waals surface area contributed by atoms with Crippen LogP contribution in [-0.4, -0.2) is 24.2 Å². The van der Waals surface area contributed by atoms with E-state index in [1.165, 1.54) is 0 Å². The highest BCUT2D eigenvalue weighted by atomic mass is 35.5. The predicted octanol–water partition coefficient (Wildman–Crippen LogP) is 2.17. The number of primary amides is 1. The lowest BCUT2D eigenvalue weighted by Crippen LogP contribution is -2.55. The summed E-state index contributed by atoms with van der Waals surface area (Å²) in [5, 5.41) is 3.90. The molecule has 18 heavy (non-hydrogen) atoms. The Bertz CT molecular complexity index is 435. The Morgan fingerprint density at radius 2 is 2.17 bits per heavy atom. The van der Waals surface area contributed by atoms with Crippen molar-refractivity contribution < 1.29 is 9.53 Å². The van der Waals surface area contributed by atoms with Crippen molar-refractivity contribution >= 4 is 23.2 Å². The summed E-state index contributed by atoms with van der Waals surface area (Å²) in [7, 11) is 0. The fourth-order valence-corrected chi connectivity index (χ4v) is 2.42. The van der Waals surface area contributed by atoms with E-state index in [-0.39, 0.29) is 12.0 Å². The molecule has 98 valence electrons. The first-order chi connectivity index (χ1) is 8.52. The summed E-state index contributed by atoms with van der Waals surface area (Å²) in [6.45, 7) is 2.48. The molecule has 1 fully saturated rings. The zero-order valence-corrected chi connectivity index (χ0v) is 11.0. The lowest BCUT2D eigenvalue weighted by molar-refractivity contribution is -0.127. The first kappa shape index (κ1) is 13.2. The number of halogens is 1. The van der Waals surface area contributed by atoms with Crippen LogP contribution in [0.3, 0.4) is 0 Å². The second kappa shape index (κ2) is 5.16. The number of benzene rings is 1. The van der Waals surface area contributed by atoms with Crippen LogP contribution in [0.1, 0.15) is 19.8 Å². The summed E-state index contributed by atoms with van der Waals surface area (Å²) < 4.78 is 5.47. The number of nitrogens with one attached hydrogen (secondary N) is 1. The zero-order chi connectivity index (χ0) is 13.2. The normalized spacial score (nSPS) is 27.8. The van der Waals surface area contributed by atoms with Gasteiger partial charge in [0, 0.05) is 30.2 Å². The molecule has 0 radical (unpaired) electrons. The number of amides is 1. The zero-order valence-electron chi connectivity index (χ0n) is 10.3. The highest BCUT2D eigenvalue weighted by Gasteiger charge is 2.40. The van der Waals surface area contributed by atoms with Gasteiger partial charge >= 0.3 is 0 Å². The average Bonchev–Trinajstić information content (AvgIpc) is 2.32. The molecule has 3 N–H and O–H groups in total. The third-order valence-corrected chi connectivity index (χ3v) is 3.52. The van der Waals surface area contributed by atoms with Gasteiger partial charge in [0.2, 0.25) is 5.91 Å². The van der Waals surface area contributed by atoms with Crippen molar-refractivity contribution in [1.82, 2.24) is 0 Å². The molecule has 4 nitrogen and oxygen atoms in total. The van der Waals surface area contributed by atoms with Crippen molar-refractivity contribution in [2.24, 2.45) is 5.73 Å². The molecule has 1 aromatic rings. The maximum atomic E-state index is 11.8. The van der Waals surface area contributed by atoms with E-state index in [1.807, 2.05) is 19.1 Å². The number of rotatable bonds is 3. The van der Waals surface area contributed by atoms with Gasteiger partial charge in [-0.1, -0.05) is 11.6 Å². The van der Waals surface area contributed by atoms with Crippen LogP contribution in [0, 0.1) is 0 Å². The number of nitrogens with two attached hydrogens (primary N) is 1. The molecular weight excluding hydrogens is 252 g/mol. The van der Waals surface area contributed by atoms with Crippen molar-refractivity contribution in [2.75, 3.05) is 11.9 Å². The Balaban J connectivity index is 2.20. The van der Waals surface area contributed by atoms with Crippen LogP contribution in [0.5, 0.6) is 0 Å². The van der Waals surface area contributed by atoms with E-state index < -0.39 is 5.54 Å². The molecule has 1 aliphatic heterocycles. The van der Waals surface area contributed by atoms with E-state index in [1.54, 1.807) is 12.1 Å². The fraction of sp³-hybridized carbons (Fsp3) is 0.462. The molecule has 5 heteroatoms. The molecule has 0 spiro atoms. The van der Waals surface area contributed by atoms with E-state index in [9.17, 15) is 4.79 Å². The van der Waals surface area contributed by atoms with Gasteiger partial charge in [-0.05, 0) is 31.2 Å². The van der Waals surface area contributed by atoms with Crippen LogP contribution >= 0.6 is 11.6 Å². The molecular formula is C13H17ClN2O2. The Hall–Kier alpha value is -1.26. The molecule has 2 rings (SSSR count).